The van der Waals surface area contributed by atoms with Gasteiger partial charge in [-0.1, -0.05) is 6.07 Å². The number of likely N-dealkylation sites (N-methyl/N-ethyl adjacent to an activating group) is 1. The molecule has 0 bridgehead atoms. The van der Waals surface area contributed by atoms with Gasteiger partial charge in [-0.25, -0.2) is 0 Å². The van der Waals surface area contributed by atoms with Crippen LogP contribution in [0, 0.1) is 0 Å². The van der Waals surface area contributed by atoms with Crippen molar-refractivity contribution >= 4 is 0 Å². The van der Waals surface area contributed by atoms with Crippen LogP contribution in [-0.2, 0) is 6.54 Å². The van der Waals surface area contributed by atoms with Crippen molar-refractivity contribution in [3.63, 3.8) is 0 Å². The van der Waals surface area contributed by atoms with Gasteiger partial charge in [0.1, 0.15) is 0 Å². The normalized spacial score (nSPS) is 13.1. The molecule has 15 heavy (non-hydrogen) atoms. The van der Waals surface area contributed by atoms with Gasteiger partial charge in [-0.15, -0.1) is 0 Å². The second kappa shape index (κ2) is 6.50. The van der Waals surface area contributed by atoms with Crippen LogP contribution >= 0.6 is 0 Å². The van der Waals surface area contributed by atoms with Crippen molar-refractivity contribution in [3.05, 3.63) is 30.1 Å². The van der Waals surface area contributed by atoms with Crippen molar-refractivity contribution in [2.75, 3.05) is 20.2 Å². The molecular formula is C11H19N3O. The molecule has 1 heterocycles. The molecule has 0 saturated heterocycles. The number of hydrogen-bond donors (Lipinski definition) is 2. The van der Waals surface area contributed by atoms with Gasteiger partial charge in [0.25, 0.3) is 0 Å². The van der Waals surface area contributed by atoms with E-state index in [1.54, 1.807) is 6.20 Å². The third-order valence-corrected chi connectivity index (χ3v) is 2.22. The number of aliphatic hydroxyl groups is 1. The summed E-state index contributed by atoms with van der Waals surface area (Å²) in [7, 11) is 2.02. The monoisotopic (exact) mass is 209 g/mol. The van der Waals surface area contributed by atoms with E-state index in [1.807, 2.05) is 25.4 Å². The van der Waals surface area contributed by atoms with Crippen LogP contribution < -0.4 is 5.73 Å². The Bertz CT molecular complexity index is 266. The summed E-state index contributed by atoms with van der Waals surface area (Å²) in [4.78, 5) is 6.19. The molecular weight excluding hydrogens is 190 g/mol. The fourth-order valence-corrected chi connectivity index (χ4v) is 1.53. The van der Waals surface area contributed by atoms with Gasteiger partial charge in [0.2, 0.25) is 0 Å². The number of aliphatic hydroxyl groups excluding tert-OH is 1. The SMILES string of the molecule is CN(Cc1cccnc1)CC(N)CCO. The summed E-state index contributed by atoms with van der Waals surface area (Å²) in [6.07, 6.45) is 4.27. The van der Waals surface area contributed by atoms with E-state index in [4.69, 9.17) is 10.8 Å². The summed E-state index contributed by atoms with van der Waals surface area (Å²) in [5, 5.41) is 8.73. The Hall–Kier alpha value is -0.970. The number of hydrogen-bond acceptors (Lipinski definition) is 4. The zero-order valence-electron chi connectivity index (χ0n) is 9.13. The van der Waals surface area contributed by atoms with Gasteiger partial charge in [-0.05, 0) is 25.1 Å². The van der Waals surface area contributed by atoms with Crippen LogP contribution in [0.3, 0.4) is 0 Å². The standard InChI is InChI=1S/C11H19N3O/c1-14(9-11(12)4-6-15)8-10-3-2-5-13-7-10/h2-3,5,7,11,15H,4,6,8-9,12H2,1H3. The van der Waals surface area contributed by atoms with Crippen LogP contribution in [0.5, 0.6) is 0 Å². The third-order valence-electron chi connectivity index (χ3n) is 2.22. The maximum absolute atomic E-state index is 8.73. The summed E-state index contributed by atoms with van der Waals surface area (Å²) in [5.41, 5.74) is 7.00. The first-order valence-electron chi connectivity index (χ1n) is 5.16. The molecule has 0 aromatic carbocycles. The first kappa shape index (κ1) is 12.1. The van der Waals surface area contributed by atoms with E-state index in [1.165, 1.54) is 5.56 Å². The lowest BCUT2D eigenvalue weighted by Crippen LogP contribution is -2.35. The molecule has 0 amide bonds. The number of nitrogens with two attached hydrogens (primary N) is 1. The number of pyridine rings is 1. The van der Waals surface area contributed by atoms with Crippen molar-refractivity contribution in [1.29, 1.82) is 0 Å². The Labute approximate surface area is 90.7 Å². The van der Waals surface area contributed by atoms with Gasteiger partial charge in [-0.2, -0.15) is 0 Å². The Morgan fingerprint density at radius 3 is 3.00 bits per heavy atom. The third kappa shape index (κ3) is 4.88. The predicted molar refractivity (Wildman–Crippen MR) is 60.2 cm³/mol. The molecule has 84 valence electrons. The maximum Gasteiger partial charge on any atom is 0.0446 e. The molecule has 0 radical (unpaired) electrons. The predicted octanol–water partition coefficient (Wildman–Crippen LogP) is 0.223. The minimum atomic E-state index is 0.0386. The summed E-state index contributed by atoms with van der Waals surface area (Å²) < 4.78 is 0. The number of rotatable bonds is 6. The smallest absolute Gasteiger partial charge is 0.0446 e. The second-order valence-corrected chi connectivity index (χ2v) is 3.83. The van der Waals surface area contributed by atoms with E-state index in [0.717, 1.165) is 13.1 Å². The highest BCUT2D eigenvalue weighted by Gasteiger charge is 2.06. The molecule has 0 saturated carbocycles. The maximum atomic E-state index is 8.73. The Balaban J connectivity index is 2.33. The zero-order chi connectivity index (χ0) is 11.1. The molecule has 4 heteroatoms. The fraction of sp³-hybridized carbons (Fsp3) is 0.545. The first-order chi connectivity index (χ1) is 7.22. The van der Waals surface area contributed by atoms with E-state index in [2.05, 4.69) is 9.88 Å². The van der Waals surface area contributed by atoms with E-state index in [-0.39, 0.29) is 12.6 Å². The largest absolute Gasteiger partial charge is 0.396 e. The van der Waals surface area contributed by atoms with E-state index in [9.17, 15) is 0 Å². The van der Waals surface area contributed by atoms with Crippen molar-refractivity contribution in [1.82, 2.24) is 9.88 Å². The summed E-state index contributed by atoms with van der Waals surface area (Å²) in [6.45, 7) is 1.78. The molecule has 0 fully saturated rings. The lowest BCUT2D eigenvalue weighted by atomic mass is 10.2. The average molecular weight is 209 g/mol. The molecule has 3 N–H and O–H groups in total. The Morgan fingerprint density at radius 1 is 1.60 bits per heavy atom. The highest BCUT2D eigenvalue weighted by Crippen LogP contribution is 2.01. The van der Waals surface area contributed by atoms with Crippen LogP contribution in [-0.4, -0.2) is 41.2 Å². The van der Waals surface area contributed by atoms with Crippen molar-refractivity contribution in [2.45, 2.75) is 19.0 Å². The summed E-state index contributed by atoms with van der Waals surface area (Å²) in [6, 6.07) is 4.01. The van der Waals surface area contributed by atoms with E-state index < -0.39 is 0 Å². The molecule has 1 aromatic rings. The Morgan fingerprint density at radius 2 is 2.40 bits per heavy atom. The minimum Gasteiger partial charge on any atom is -0.396 e. The van der Waals surface area contributed by atoms with Crippen LogP contribution in [0.15, 0.2) is 24.5 Å². The van der Waals surface area contributed by atoms with E-state index >= 15 is 0 Å². The molecule has 0 spiro atoms. The number of nitrogens with zero attached hydrogens (tertiary/aromatic N) is 2. The van der Waals surface area contributed by atoms with Gasteiger partial charge >= 0.3 is 0 Å². The lowest BCUT2D eigenvalue weighted by molar-refractivity contribution is 0.244. The fourth-order valence-electron chi connectivity index (χ4n) is 1.53. The quantitative estimate of drug-likeness (QED) is 0.703. The van der Waals surface area contributed by atoms with Crippen LogP contribution in [0.4, 0.5) is 0 Å². The molecule has 1 rings (SSSR count). The summed E-state index contributed by atoms with van der Waals surface area (Å²) in [5.74, 6) is 0. The molecule has 4 nitrogen and oxygen atoms in total. The zero-order valence-corrected chi connectivity index (χ0v) is 9.13. The minimum absolute atomic E-state index is 0.0386. The first-order valence-corrected chi connectivity index (χ1v) is 5.16. The molecule has 1 atom stereocenters. The van der Waals surface area contributed by atoms with Crippen LogP contribution in [0.2, 0.25) is 0 Å². The van der Waals surface area contributed by atoms with E-state index in [0.29, 0.717) is 6.42 Å². The molecule has 0 aliphatic heterocycles. The highest BCUT2D eigenvalue weighted by atomic mass is 16.3. The van der Waals surface area contributed by atoms with Crippen LogP contribution in [0.25, 0.3) is 0 Å². The van der Waals surface area contributed by atoms with Gasteiger partial charge in [0.15, 0.2) is 0 Å². The van der Waals surface area contributed by atoms with Crippen molar-refractivity contribution < 1.29 is 5.11 Å². The molecule has 0 aliphatic rings. The highest BCUT2D eigenvalue weighted by molar-refractivity contribution is 5.07. The average Bonchev–Trinajstić information content (AvgIpc) is 2.19. The van der Waals surface area contributed by atoms with Gasteiger partial charge in [-0.3, -0.25) is 4.98 Å². The molecule has 1 unspecified atom stereocenters. The molecule has 1 aromatic heterocycles. The van der Waals surface area contributed by atoms with Gasteiger partial charge < -0.3 is 15.7 Å². The lowest BCUT2D eigenvalue weighted by Gasteiger charge is -2.20. The summed E-state index contributed by atoms with van der Waals surface area (Å²) >= 11 is 0. The van der Waals surface area contributed by atoms with Crippen molar-refractivity contribution in [2.24, 2.45) is 5.73 Å². The van der Waals surface area contributed by atoms with Crippen molar-refractivity contribution in [3.8, 4) is 0 Å². The van der Waals surface area contributed by atoms with Gasteiger partial charge in [0, 0.05) is 38.1 Å². The Kier molecular flexibility index (Phi) is 5.25. The topological polar surface area (TPSA) is 62.4 Å². The molecule has 0 aliphatic carbocycles. The van der Waals surface area contributed by atoms with Gasteiger partial charge in [0.05, 0.1) is 0 Å². The van der Waals surface area contributed by atoms with Crippen LogP contribution in [0.1, 0.15) is 12.0 Å². The number of aromatic nitrogens is 1. The second-order valence-electron chi connectivity index (χ2n) is 3.83.